The van der Waals surface area contributed by atoms with Crippen LogP contribution < -0.4 is 0 Å². The number of aryl methyl sites for hydroxylation is 1. The second kappa shape index (κ2) is 7.05. The molecule has 1 atom stereocenters. The minimum atomic E-state index is -0.140. The molecule has 2 aromatic rings. The van der Waals surface area contributed by atoms with Crippen molar-refractivity contribution in [3.8, 4) is 0 Å². The number of halogens is 2. The molecular formula is C15H16BrFS. The van der Waals surface area contributed by atoms with E-state index in [9.17, 15) is 4.39 Å². The molecule has 0 nitrogen and oxygen atoms in total. The van der Waals surface area contributed by atoms with Gasteiger partial charge in [-0.15, -0.1) is 11.3 Å². The number of alkyl halides is 1. The Hall–Kier alpha value is -0.670. The first-order chi connectivity index (χ1) is 8.78. The molecule has 2 rings (SSSR count). The van der Waals surface area contributed by atoms with Crippen molar-refractivity contribution in [2.24, 2.45) is 5.92 Å². The molecule has 0 radical (unpaired) electrons. The van der Waals surface area contributed by atoms with Crippen LogP contribution in [0.4, 0.5) is 4.39 Å². The zero-order valence-corrected chi connectivity index (χ0v) is 12.5. The SMILES string of the molecule is Fc1cccc(CC(CBr)CCc2cccs2)c1. The summed E-state index contributed by atoms with van der Waals surface area (Å²) in [7, 11) is 0. The Kier molecular flexibility index (Phi) is 5.39. The lowest BCUT2D eigenvalue weighted by Crippen LogP contribution is -2.07. The van der Waals surface area contributed by atoms with E-state index in [0.29, 0.717) is 5.92 Å². The molecule has 1 unspecified atom stereocenters. The summed E-state index contributed by atoms with van der Waals surface area (Å²) in [4.78, 5) is 1.43. The number of rotatable bonds is 6. The van der Waals surface area contributed by atoms with Gasteiger partial charge in [0.2, 0.25) is 0 Å². The zero-order chi connectivity index (χ0) is 12.8. The Balaban J connectivity index is 1.89. The van der Waals surface area contributed by atoms with Crippen molar-refractivity contribution in [2.45, 2.75) is 19.3 Å². The van der Waals surface area contributed by atoms with E-state index in [1.807, 2.05) is 17.4 Å². The molecular weight excluding hydrogens is 311 g/mol. The summed E-state index contributed by atoms with van der Waals surface area (Å²) in [5.41, 5.74) is 1.09. The van der Waals surface area contributed by atoms with Crippen LogP contribution >= 0.6 is 27.3 Å². The van der Waals surface area contributed by atoms with Crippen molar-refractivity contribution in [1.29, 1.82) is 0 Å². The Bertz CT molecular complexity index is 467. The van der Waals surface area contributed by atoms with Crippen molar-refractivity contribution >= 4 is 27.3 Å². The van der Waals surface area contributed by atoms with E-state index in [2.05, 4.69) is 33.4 Å². The van der Waals surface area contributed by atoms with E-state index in [4.69, 9.17) is 0 Å². The quantitative estimate of drug-likeness (QED) is 0.650. The van der Waals surface area contributed by atoms with Crippen LogP contribution in [0.3, 0.4) is 0 Å². The molecule has 1 aromatic heterocycles. The molecule has 18 heavy (non-hydrogen) atoms. The Morgan fingerprint density at radius 3 is 2.78 bits per heavy atom. The minimum absolute atomic E-state index is 0.140. The van der Waals surface area contributed by atoms with Gasteiger partial charge < -0.3 is 0 Å². The van der Waals surface area contributed by atoms with Gasteiger partial charge >= 0.3 is 0 Å². The molecule has 0 bridgehead atoms. The van der Waals surface area contributed by atoms with Gasteiger partial charge in [-0.1, -0.05) is 34.1 Å². The van der Waals surface area contributed by atoms with Crippen LogP contribution in [0.2, 0.25) is 0 Å². The fourth-order valence-corrected chi connectivity index (χ4v) is 3.31. The predicted octanol–water partition coefficient (Wildman–Crippen LogP) is 5.07. The molecule has 96 valence electrons. The zero-order valence-electron chi connectivity index (χ0n) is 10.1. The highest BCUT2D eigenvalue weighted by Gasteiger charge is 2.09. The number of hydrogen-bond donors (Lipinski definition) is 0. The molecule has 0 aliphatic rings. The molecule has 1 heterocycles. The topological polar surface area (TPSA) is 0 Å². The summed E-state index contributed by atoms with van der Waals surface area (Å²) in [5, 5.41) is 3.08. The van der Waals surface area contributed by atoms with Crippen LogP contribution in [0, 0.1) is 11.7 Å². The van der Waals surface area contributed by atoms with Gasteiger partial charge in [-0.2, -0.15) is 0 Å². The second-order valence-electron chi connectivity index (χ2n) is 4.47. The van der Waals surface area contributed by atoms with Crippen molar-refractivity contribution in [2.75, 3.05) is 5.33 Å². The van der Waals surface area contributed by atoms with Crippen molar-refractivity contribution in [3.63, 3.8) is 0 Å². The highest BCUT2D eigenvalue weighted by atomic mass is 79.9. The van der Waals surface area contributed by atoms with Gasteiger partial charge in [-0.05, 0) is 54.3 Å². The third-order valence-electron chi connectivity index (χ3n) is 3.01. The maximum Gasteiger partial charge on any atom is 0.123 e. The smallest absolute Gasteiger partial charge is 0.123 e. The molecule has 0 saturated heterocycles. The molecule has 0 N–H and O–H groups in total. The normalized spacial score (nSPS) is 12.6. The van der Waals surface area contributed by atoms with Crippen molar-refractivity contribution in [1.82, 2.24) is 0 Å². The monoisotopic (exact) mass is 326 g/mol. The maximum absolute atomic E-state index is 13.1. The molecule has 0 amide bonds. The first-order valence-corrected chi connectivity index (χ1v) is 8.11. The Labute approximate surface area is 120 Å². The average molecular weight is 327 g/mol. The molecule has 0 aliphatic carbocycles. The largest absolute Gasteiger partial charge is 0.207 e. The first kappa shape index (κ1) is 13.8. The van der Waals surface area contributed by atoms with Gasteiger partial charge in [0.1, 0.15) is 5.82 Å². The summed E-state index contributed by atoms with van der Waals surface area (Å²) in [6.45, 7) is 0. The van der Waals surface area contributed by atoms with Crippen molar-refractivity contribution < 1.29 is 4.39 Å². The average Bonchev–Trinajstić information content (AvgIpc) is 2.87. The van der Waals surface area contributed by atoms with Gasteiger partial charge in [-0.3, -0.25) is 0 Å². The van der Waals surface area contributed by atoms with Crippen molar-refractivity contribution in [3.05, 3.63) is 58.0 Å². The number of benzene rings is 1. The van der Waals surface area contributed by atoms with E-state index in [0.717, 1.165) is 30.2 Å². The lowest BCUT2D eigenvalue weighted by Gasteiger charge is -2.13. The second-order valence-corrected chi connectivity index (χ2v) is 6.15. The van der Waals surface area contributed by atoms with Gasteiger partial charge in [0.05, 0.1) is 0 Å². The fraction of sp³-hybridized carbons (Fsp3) is 0.333. The minimum Gasteiger partial charge on any atom is -0.207 e. The summed E-state index contributed by atoms with van der Waals surface area (Å²) < 4.78 is 13.1. The van der Waals surface area contributed by atoms with Gasteiger partial charge in [0.15, 0.2) is 0 Å². The Morgan fingerprint density at radius 1 is 1.22 bits per heavy atom. The summed E-state index contributed by atoms with van der Waals surface area (Å²) in [5.74, 6) is 0.424. The van der Waals surface area contributed by atoms with Gasteiger partial charge in [0.25, 0.3) is 0 Å². The molecule has 0 aliphatic heterocycles. The maximum atomic E-state index is 13.1. The first-order valence-electron chi connectivity index (χ1n) is 6.10. The molecule has 0 fully saturated rings. The van der Waals surface area contributed by atoms with E-state index in [-0.39, 0.29) is 5.82 Å². The molecule has 3 heteroatoms. The van der Waals surface area contributed by atoms with Gasteiger partial charge in [-0.25, -0.2) is 4.39 Å². The number of thiophene rings is 1. The van der Waals surface area contributed by atoms with Crippen LogP contribution in [-0.4, -0.2) is 5.33 Å². The third-order valence-corrected chi connectivity index (χ3v) is 4.86. The van der Waals surface area contributed by atoms with E-state index >= 15 is 0 Å². The van der Waals surface area contributed by atoms with Gasteiger partial charge in [0, 0.05) is 10.2 Å². The Morgan fingerprint density at radius 2 is 2.11 bits per heavy atom. The summed E-state index contributed by atoms with van der Waals surface area (Å²) in [6.07, 6.45) is 3.19. The molecule has 0 saturated carbocycles. The standard InChI is InChI=1S/C15H16BrFS/c16-11-13(6-7-15-5-2-8-18-15)9-12-3-1-4-14(17)10-12/h1-5,8,10,13H,6-7,9,11H2. The lowest BCUT2D eigenvalue weighted by atomic mass is 9.96. The number of hydrogen-bond acceptors (Lipinski definition) is 1. The fourth-order valence-electron chi connectivity index (χ4n) is 2.03. The molecule has 0 spiro atoms. The van der Waals surface area contributed by atoms with Crippen LogP contribution in [0.1, 0.15) is 16.9 Å². The van der Waals surface area contributed by atoms with Crippen LogP contribution in [-0.2, 0) is 12.8 Å². The third kappa shape index (κ3) is 4.21. The predicted molar refractivity (Wildman–Crippen MR) is 80.0 cm³/mol. The summed E-state index contributed by atoms with van der Waals surface area (Å²) >= 11 is 5.37. The highest BCUT2D eigenvalue weighted by Crippen LogP contribution is 2.20. The van der Waals surface area contributed by atoms with Crippen LogP contribution in [0.25, 0.3) is 0 Å². The highest BCUT2D eigenvalue weighted by molar-refractivity contribution is 9.09. The van der Waals surface area contributed by atoms with E-state index < -0.39 is 0 Å². The van der Waals surface area contributed by atoms with Crippen LogP contribution in [0.5, 0.6) is 0 Å². The summed E-state index contributed by atoms with van der Waals surface area (Å²) in [6, 6.07) is 11.2. The lowest BCUT2D eigenvalue weighted by molar-refractivity contribution is 0.541. The molecule has 1 aromatic carbocycles. The van der Waals surface area contributed by atoms with E-state index in [1.165, 1.54) is 10.9 Å². The van der Waals surface area contributed by atoms with E-state index in [1.54, 1.807) is 12.1 Å². The van der Waals surface area contributed by atoms with Crippen LogP contribution in [0.15, 0.2) is 41.8 Å².